The Bertz CT molecular complexity index is 962. The summed E-state index contributed by atoms with van der Waals surface area (Å²) in [4.78, 5) is 51.7. The molecule has 2 aromatic carbocycles. The monoisotopic (exact) mass is 427 g/mol. The third-order valence-electron chi connectivity index (χ3n) is 5.07. The number of nitrogens with one attached hydrogen (secondary N) is 1. The van der Waals surface area contributed by atoms with Gasteiger partial charge in [-0.2, -0.15) is 0 Å². The quantitative estimate of drug-likeness (QED) is 0.541. The first-order valence-corrected chi connectivity index (χ1v) is 10.00. The smallest absolute Gasteiger partial charge is 0.335 e. The van der Waals surface area contributed by atoms with Gasteiger partial charge in [0.25, 0.3) is 0 Å². The van der Waals surface area contributed by atoms with Gasteiger partial charge in [0.15, 0.2) is 0 Å². The molecule has 7 nitrogen and oxygen atoms in total. The van der Waals surface area contributed by atoms with Crippen LogP contribution < -0.4 is 5.32 Å². The van der Waals surface area contributed by atoms with E-state index < -0.39 is 36.3 Å². The summed E-state index contributed by atoms with van der Waals surface area (Å²) < 4.78 is 0. The molecule has 0 unspecified atom stereocenters. The number of urea groups is 1. The standard InChI is InChI=1S/C22H22ClN3O4/c1-3-18(16-9-11-17(23)12-10-16)24-19(27)13-25-20(28)21(29)26(22(25)30)14(2)15-7-5-4-6-8-15/h4-12,14,18H,3,13H2,1-2H3,(H,24,27)/t14-,18+/m1/s1. The second-order valence-electron chi connectivity index (χ2n) is 7.02. The number of carbonyl (C=O) groups excluding carboxylic acids is 4. The van der Waals surface area contributed by atoms with Gasteiger partial charge in [0.1, 0.15) is 6.54 Å². The van der Waals surface area contributed by atoms with E-state index in [2.05, 4.69) is 5.32 Å². The van der Waals surface area contributed by atoms with E-state index in [9.17, 15) is 19.2 Å². The zero-order valence-corrected chi connectivity index (χ0v) is 17.4. The van der Waals surface area contributed by atoms with Crippen molar-refractivity contribution < 1.29 is 19.2 Å². The lowest BCUT2D eigenvalue weighted by atomic mass is 10.0. The molecule has 5 amide bonds. The molecule has 2 aromatic rings. The highest BCUT2D eigenvalue weighted by Crippen LogP contribution is 2.26. The average Bonchev–Trinajstić information content (AvgIpc) is 2.96. The molecule has 0 spiro atoms. The van der Waals surface area contributed by atoms with Crippen molar-refractivity contribution in [2.75, 3.05) is 6.54 Å². The minimum Gasteiger partial charge on any atom is -0.348 e. The van der Waals surface area contributed by atoms with Gasteiger partial charge >= 0.3 is 17.8 Å². The molecule has 156 valence electrons. The summed E-state index contributed by atoms with van der Waals surface area (Å²) in [5, 5.41) is 3.39. The van der Waals surface area contributed by atoms with E-state index >= 15 is 0 Å². The van der Waals surface area contributed by atoms with Gasteiger partial charge in [-0.05, 0) is 36.6 Å². The lowest BCUT2D eigenvalue weighted by Crippen LogP contribution is -2.42. The van der Waals surface area contributed by atoms with Gasteiger partial charge in [-0.1, -0.05) is 61.0 Å². The molecule has 1 aliphatic rings. The molecule has 0 saturated carbocycles. The average molecular weight is 428 g/mol. The summed E-state index contributed by atoms with van der Waals surface area (Å²) in [7, 11) is 0. The van der Waals surface area contributed by atoms with Crippen molar-refractivity contribution in [3.05, 3.63) is 70.7 Å². The molecule has 30 heavy (non-hydrogen) atoms. The highest BCUT2D eigenvalue weighted by atomic mass is 35.5. The number of amides is 5. The zero-order chi connectivity index (χ0) is 21.8. The van der Waals surface area contributed by atoms with Crippen LogP contribution in [0.3, 0.4) is 0 Å². The van der Waals surface area contributed by atoms with Gasteiger partial charge in [0, 0.05) is 5.02 Å². The minimum atomic E-state index is -1.00. The topological polar surface area (TPSA) is 86.8 Å². The fraction of sp³-hybridized carbons (Fsp3) is 0.273. The molecule has 1 N–H and O–H groups in total. The van der Waals surface area contributed by atoms with Gasteiger partial charge in [-0.15, -0.1) is 0 Å². The molecule has 1 heterocycles. The molecule has 0 aliphatic carbocycles. The molecule has 1 fully saturated rings. The summed E-state index contributed by atoms with van der Waals surface area (Å²) in [6.07, 6.45) is 0.603. The van der Waals surface area contributed by atoms with Crippen LogP contribution in [0.5, 0.6) is 0 Å². The number of rotatable bonds is 7. The highest BCUT2D eigenvalue weighted by Gasteiger charge is 2.47. The number of hydrogen-bond donors (Lipinski definition) is 1. The van der Waals surface area contributed by atoms with Crippen molar-refractivity contribution in [3.8, 4) is 0 Å². The maximum absolute atomic E-state index is 12.8. The number of benzene rings is 2. The predicted molar refractivity (Wildman–Crippen MR) is 111 cm³/mol. The third-order valence-corrected chi connectivity index (χ3v) is 5.32. The molecule has 0 bridgehead atoms. The van der Waals surface area contributed by atoms with Crippen LogP contribution in [-0.2, 0) is 14.4 Å². The molecular weight excluding hydrogens is 406 g/mol. The number of imide groups is 2. The fourth-order valence-electron chi connectivity index (χ4n) is 3.38. The first-order chi connectivity index (χ1) is 14.3. The van der Waals surface area contributed by atoms with Crippen molar-refractivity contribution in [1.29, 1.82) is 0 Å². The van der Waals surface area contributed by atoms with Gasteiger partial charge in [-0.25, -0.2) is 14.6 Å². The molecule has 0 aromatic heterocycles. The minimum absolute atomic E-state index is 0.308. The van der Waals surface area contributed by atoms with Crippen molar-refractivity contribution in [1.82, 2.24) is 15.1 Å². The number of carbonyl (C=O) groups is 4. The summed E-state index contributed by atoms with van der Waals surface area (Å²) in [5.41, 5.74) is 1.57. The van der Waals surface area contributed by atoms with E-state index in [4.69, 9.17) is 11.6 Å². The van der Waals surface area contributed by atoms with Crippen LogP contribution >= 0.6 is 11.6 Å². The van der Waals surface area contributed by atoms with Crippen LogP contribution in [0.4, 0.5) is 4.79 Å². The van der Waals surface area contributed by atoms with Crippen LogP contribution in [0.2, 0.25) is 5.02 Å². The van der Waals surface area contributed by atoms with Gasteiger partial charge in [0.05, 0.1) is 12.1 Å². The first-order valence-electron chi connectivity index (χ1n) is 9.62. The van der Waals surface area contributed by atoms with E-state index in [1.807, 2.05) is 13.0 Å². The second kappa shape index (κ2) is 9.09. The largest absolute Gasteiger partial charge is 0.348 e. The molecular formula is C22H22ClN3O4. The van der Waals surface area contributed by atoms with Crippen LogP contribution in [0.1, 0.15) is 43.5 Å². The number of halogens is 1. The van der Waals surface area contributed by atoms with E-state index in [0.29, 0.717) is 21.9 Å². The van der Waals surface area contributed by atoms with E-state index in [1.165, 1.54) is 0 Å². The Hall–Kier alpha value is -3.19. The predicted octanol–water partition coefficient (Wildman–Crippen LogP) is 3.46. The Labute approximate surface area is 179 Å². The van der Waals surface area contributed by atoms with Crippen molar-refractivity contribution in [3.63, 3.8) is 0 Å². The summed E-state index contributed by atoms with van der Waals surface area (Å²) in [6.45, 7) is 3.04. The first kappa shape index (κ1) is 21.5. The molecule has 3 rings (SSSR count). The molecule has 1 saturated heterocycles. The Morgan fingerprint density at radius 1 is 0.967 bits per heavy atom. The van der Waals surface area contributed by atoms with E-state index in [-0.39, 0.29) is 6.04 Å². The Balaban J connectivity index is 1.70. The normalized spacial score (nSPS) is 16.0. The summed E-state index contributed by atoms with van der Waals surface area (Å²) in [5.74, 6) is -2.47. The van der Waals surface area contributed by atoms with E-state index in [1.54, 1.807) is 55.5 Å². The molecule has 1 aliphatic heterocycles. The maximum atomic E-state index is 12.8. The van der Waals surface area contributed by atoms with Crippen molar-refractivity contribution >= 4 is 35.4 Å². The molecule has 0 radical (unpaired) electrons. The summed E-state index contributed by atoms with van der Waals surface area (Å²) in [6, 6.07) is 14.2. The SMILES string of the molecule is CC[C@H](NC(=O)CN1C(=O)C(=O)N([C@H](C)c2ccccc2)C1=O)c1ccc(Cl)cc1. The number of hydrogen-bond acceptors (Lipinski definition) is 4. The van der Waals surface area contributed by atoms with Gasteiger partial charge < -0.3 is 5.32 Å². The molecule has 2 atom stereocenters. The van der Waals surface area contributed by atoms with Crippen LogP contribution in [0, 0.1) is 0 Å². The lowest BCUT2D eigenvalue weighted by molar-refractivity contribution is -0.144. The Morgan fingerprint density at radius 3 is 2.20 bits per heavy atom. The fourth-order valence-corrected chi connectivity index (χ4v) is 3.51. The lowest BCUT2D eigenvalue weighted by Gasteiger charge is -2.23. The Kier molecular flexibility index (Phi) is 6.52. The Morgan fingerprint density at radius 2 is 1.60 bits per heavy atom. The van der Waals surface area contributed by atoms with Gasteiger partial charge in [-0.3, -0.25) is 14.4 Å². The third kappa shape index (κ3) is 4.36. The summed E-state index contributed by atoms with van der Waals surface area (Å²) >= 11 is 5.90. The van der Waals surface area contributed by atoms with E-state index in [0.717, 1.165) is 10.5 Å². The zero-order valence-electron chi connectivity index (χ0n) is 16.7. The second-order valence-corrected chi connectivity index (χ2v) is 7.45. The number of nitrogens with zero attached hydrogens (tertiary/aromatic N) is 2. The van der Waals surface area contributed by atoms with Crippen LogP contribution in [0.15, 0.2) is 54.6 Å². The van der Waals surface area contributed by atoms with Gasteiger partial charge in [0.2, 0.25) is 5.91 Å². The van der Waals surface area contributed by atoms with Crippen molar-refractivity contribution in [2.45, 2.75) is 32.4 Å². The van der Waals surface area contributed by atoms with Crippen LogP contribution in [-0.4, -0.2) is 40.1 Å². The molecule has 8 heteroatoms. The highest BCUT2D eigenvalue weighted by molar-refractivity contribution is 6.45. The van der Waals surface area contributed by atoms with Crippen LogP contribution in [0.25, 0.3) is 0 Å². The van der Waals surface area contributed by atoms with Crippen molar-refractivity contribution in [2.24, 2.45) is 0 Å². The maximum Gasteiger partial charge on any atom is 0.335 e.